The molecule has 118 valence electrons. The van der Waals surface area contributed by atoms with Crippen LogP contribution in [-0.4, -0.2) is 52.6 Å². The second kappa shape index (κ2) is 8.56. The summed E-state index contributed by atoms with van der Waals surface area (Å²) in [5.41, 5.74) is 1.21. The summed E-state index contributed by atoms with van der Waals surface area (Å²) in [7, 11) is 4.33. The van der Waals surface area contributed by atoms with Gasteiger partial charge in [-0.1, -0.05) is 6.92 Å². The van der Waals surface area contributed by atoms with Gasteiger partial charge in [0, 0.05) is 23.8 Å². The molecule has 0 bridgehead atoms. The number of carbonyl (C=O) groups is 1. The second-order valence-corrected chi connectivity index (χ2v) is 5.46. The monoisotopic (exact) mass is 294 g/mol. The highest BCUT2D eigenvalue weighted by Crippen LogP contribution is 2.26. The maximum atomic E-state index is 8.36. The molecule has 0 spiro atoms. The number of likely N-dealkylation sites (N-methyl/N-ethyl adjacent to an activating group) is 1. The van der Waals surface area contributed by atoms with Crippen LogP contribution >= 0.6 is 0 Å². The van der Waals surface area contributed by atoms with Crippen LogP contribution in [0.4, 0.5) is 5.82 Å². The van der Waals surface area contributed by atoms with Crippen LogP contribution in [0.5, 0.6) is 0 Å². The predicted octanol–water partition coefficient (Wildman–Crippen LogP) is 1.94. The lowest BCUT2D eigenvalue weighted by Crippen LogP contribution is -2.39. The molecule has 2 rings (SSSR count). The van der Waals surface area contributed by atoms with Crippen LogP contribution in [0.3, 0.4) is 0 Å². The highest BCUT2D eigenvalue weighted by atomic mass is 16.3. The van der Waals surface area contributed by atoms with Crippen LogP contribution in [-0.2, 0) is 11.2 Å². The molecular formula is C15H26N4O2. The number of rotatable bonds is 4. The van der Waals surface area contributed by atoms with Gasteiger partial charge in [-0.25, -0.2) is 9.97 Å². The second-order valence-electron chi connectivity index (χ2n) is 5.46. The molecule has 2 N–H and O–H groups in total. The minimum absolute atomic E-state index is 0.250. The van der Waals surface area contributed by atoms with Crippen molar-refractivity contribution in [2.24, 2.45) is 0 Å². The first-order valence-electron chi connectivity index (χ1n) is 7.36. The number of aromatic nitrogens is 2. The van der Waals surface area contributed by atoms with Gasteiger partial charge in [0.15, 0.2) is 0 Å². The number of anilines is 1. The van der Waals surface area contributed by atoms with Crippen molar-refractivity contribution in [3.05, 3.63) is 17.6 Å². The number of carboxylic acid groups (broad SMARTS) is 1. The quantitative estimate of drug-likeness (QED) is 0.826. The molecule has 6 heteroatoms. The molecule has 1 fully saturated rings. The normalized spacial score (nSPS) is 20.8. The van der Waals surface area contributed by atoms with E-state index < -0.39 is 0 Å². The summed E-state index contributed by atoms with van der Waals surface area (Å²) in [5.74, 6) is 1.87. The maximum absolute atomic E-state index is 8.36. The van der Waals surface area contributed by atoms with E-state index in [4.69, 9.17) is 9.90 Å². The molecule has 6 nitrogen and oxygen atoms in total. The lowest BCUT2D eigenvalue weighted by molar-refractivity contribution is -0.122. The number of aryl methyl sites for hydroxylation is 2. The van der Waals surface area contributed by atoms with E-state index >= 15 is 0 Å². The van der Waals surface area contributed by atoms with Gasteiger partial charge in [-0.3, -0.25) is 4.79 Å². The van der Waals surface area contributed by atoms with Gasteiger partial charge in [0.2, 0.25) is 0 Å². The van der Waals surface area contributed by atoms with Crippen LogP contribution in [0.25, 0.3) is 0 Å². The summed E-state index contributed by atoms with van der Waals surface area (Å²) in [5, 5.41) is 10.5. The molecule has 1 heterocycles. The van der Waals surface area contributed by atoms with Crippen LogP contribution < -0.4 is 5.32 Å². The summed E-state index contributed by atoms with van der Waals surface area (Å²) in [6, 6.07) is 1.13. The Balaban J connectivity index is 0.000000677. The molecule has 1 aliphatic rings. The molecular weight excluding hydrogens is 268 g/mol. The van der Waals surface area contributed by atoms with Crippen molar-refractivity contribution in [3.8, 4) is 0 Å². The minimum atomic E-state index is -0.250. The van der Waals surface area contributed by atoms with E-state index in [2.05, 4.69) is 41.2 Å². The Morgan fingerprint density at radius 2 is 2.14 bits per heavy atom. The van der Waals surface area contributed by atoms with Crippen molar-refractivity contribution in [2.75, 3.05) is 19.4 Å². The lowest BCUT2D eigenvalue weighted by atomic mass is 10.1. The molecule has 1 aromatic rings. The van der Waals surface area contributed by atoms with E-state index in [-0.39, 0.29) is 6.47 Å². The third-order valence-corrected chi connectivity index (χ3v) is 3.83. The van der Waals surface area contributed by atoms with Crippen molar-refractivity contribution in [1.29, 1.82) is 0 Å². The zero-order valence-electron chi connectivity index (χ0n) is 13.3. The zero-order chi connectivity index (χ0) is 15.8. The molecule has 0 aromatic carbocycles. The zero-order valence-corrected chi connectivity index (χ0v) is 13.3. The van der Waals surface area contributed by atoms with Crippen molar-refractivity contribution in [3.63, 3.8) is 0 Å². The van der Waals surface area contributed by atoms with E-state index in [0.29, 0.717) is 12.1 Å². The summed E-state index contributed by atoms with van der Waals surface area (Å²) in [6.07, 6.45) is 6.73. The first-order valence-corrected chi connectivity index (χ1v) is 7.36. The van der Waals surface area contributed by atoms with Crippen LogP contribution in [0.2, 0.25) is 0 Å². The van der Waals surface area contributed by atoms with E-state index in [9.17, 15) is 0 Å². The summed E-state index contributed by atoms with van der Waals surface area (Å²) >= 11 is 0. The smallest absolute Gasteiger partial charge is 0.290 e. The number of hydrogen-bond acceptors (Lipinski definition) is 5. The van der Waals surface area contributed by atoms with E-state index in [0.717, 1.165) is 18.1 Å². The molecule has 1 aliphatic carbocycles. The molecule has 0 saturated heterocycles. The van der Waals surface area contributed by atoms with E-state index in [1.807, 2.05) is 13.1 Å². The molecule has 1 aromatic heterocycles. The van der Waals surface area contributed by atoms with Gasteiger partial charge in [0.25, 0.3) is 6.47 Å². The fourth-order valence-electron chi connectivity index (χ4n) is 2.78. The molecule has 0 unspecified atom stereocenters. The molecule has 0 aliphatic heterocycles. The summed E-state index contributed by atoms with van der Waals surface area (Å²) in [4.78, 5) is 19.5. The van der Waals surface area contributed by atoms with Crippen LogP contribution in [0, 0.1) is 6.92 Å². The Bertz CT molecular complexity index is 451. The average molecular weight is 294 g/mol. The predicted molar refractivity (Wildman–Crippen MR) is 83.6 cm³/mol. The number of hydrogen-bond donors (Lipinski definition) is 2. The Morgan fingerprint density at radius 3 is 2.71 bits per heavy atom. The standard InChI is InChI=1S/C14H24N4.CH2O2/c1-5-11-9-15-10(2)16-14(11)17-12-7-6-8-13(12)18(3)4;2-1-3/h9,12-13H,5-8H2,1-4H3,(H,15,16,17);1H,(H,2,3)/t12-,13-;/m1./s1. The topological polar surface area (TPSA) is 78.4 Å². The Morgan fingerprint density at radius 1 is 1.48 bits per heavy atom. The van der Waals surface area contributed by atoms with Gasteiger partial charge in [-0.05, 0) is 46.7 Å². The van der Waals surface area contributed by atoms with E-state index in [1.54, 1.807) is 0 Å². The Kier molecular flexibility index (Phi) is 7.08. The number of nitrogens with one attached hydrogen (secondary N) is 1. The van der Waals surface area contributed by atoms with Crippen molar-refractivity contribution < 1.29 is 9.90 Å². The highest BCUT2D eigenvalue weighted by molar-refractivity contribution is 5.44. The highest BCUT2D eigenvalue weighted by Gasteiger charge is 2.29. The van der Waals surface area contributed by atoms with Gasteiger partial charge < -0.3 is 15.3 Å². The lowest BCUT2D eigenvalue weighted by Gasteiger charge is -2.28. The summed E-state index contributed by atoms with van der Waals surface area (Å²) < 4.78 is 0. The molecule has 2 atom stereocenters. The van der Waals surface area contributed by atoms with Crippen LogP contribution in [0.1, 0.15) is 37.6 Å². The number of nitrogens with zero attached hydrogens (tertiary/aromatic N) is 3. The molecule has 0 radical (unpaired) electrons. The van der Waals surface area contributed by atoms with Gasteiger partial charge >= 0.3 is 0 Å². The Hall–Kier alpha value is -1.69. The van der Waals surface area contributed by atoms with E-state index in [1.165, 1.54) is 24.8 Å². The van der Waals surface area contributed by atoms with Gasteiger partial charge in [0.1, 0.15) is 11.6 Å². The van der Waals surface area contributed by atoms with Gasteiger partial charge in [-0.15, -0.1) is 0 Å². The van der Waals surface area contributed by atoms with Crippen molar-refractivity contribution in [1.82, 2.24) is 14.9 Å². The third kappa shape index (κ3) is 4.97. The average Bonchev–Trinajstić information content (AvgIpc) is 2.88. The van der Waals surface area contributed by atoms with Crippen molar-refractivity contribution >= 4 is 12.3 Å². The first kappa shape index (κ1) is 17.4. The fraction of sp³-hybridized carbons (Fsp3) is 0.667. The Labute approximate surface area is 126 Å². The van der Waals surface area contributed by atoms with Gasteiger partial charge in [-0.2, -0.15) is 0 Å². The largest absolute Gasteiger partial charge is 0.483 e. The minimum Gasteiger partial charge on any atom is -0.483 e. The van der Waals surface area contributed by atoms with Crippen LogP contribution in [0.15, 0.2) is 6.20 Å². The molecule has 1 saturated carbocycles. The fourth-order valence-corrected chi connectivity index (χ4v) is 2.78. The van der Waals surface area contributed by atoms with Crippen molar-refractivity contribution in [2.45, 2.75) is 51.6 Å². The summed E-state index contributed by atoms with van der Waals surface area (Å²) in [6.45, 7) is 3.85. The molecule has 21 heavy (non-hydrogen) atoms. The first-order chi connectivity index (χ1) is 10.0. The van der Waals surface area contributed by atoms with Gasteiger partial charge in [0.05, 0.1) is 0 Å². The SMILES string of the molecule is CCc1cnc(C)nc1N[C@@H]1CCC[C@H]1N(C)C.O=CO. The third-order valence-electron chi connectivity index (χ3n) is 3.83. The molecule has 0 amide bonds. The maximum Gasteiger partial charge on any atom is 0.290 e.